The van der Waals surface area contributed by atoms with Gasteiger partial charge in [-0.2, -0.15) is 5.26 Å². The summed E-state index contributed by atoms with van der Waals surface area (Å²) in [5.41, 5.74) is -0.250. The van der Waals surface area contributed by atoms with Crippen molar-refractivity contribution in [3.63, 3.8) is 0 Å². The summed E-state index contributed by atoms with van der Waals surface area (Å²) in [5.74, 6) is 0.676. The van der Waals surface area contributed by atoms with Crippen LogP contribution in [-0.4, -0.2) is 11.2 Å². The van der Waals surface area contributed by atoms with Crippen LogP contribution in [-0.2, 0) is 6.54 Å². The molecule has 1 aromatic heterocycles. The van der Waals surface area contributed by atoms with Gasteiger partial charge in [-0.1, -0.05) is 13.8 Å². The summed E-state index contributed by atoms with van der Waals surface area (Å²) in [4.78, 5) is 11.7. The first-order chi connectivity index (χ1) is 7.15. The van der Waals surface area contributed by atoms with Crippen LogP contribution in [0.3, 0.4) is 0 Å². The predicted octanol–water partition coefficient (Wildman–Crippen LogP) is 1.41. The van der Waals surface area contributed by atoms with Crippen molar-refractivity contribution < 1.29 is 4.74 Å². The van der Waals surface area contributed by atoms with Crippen LogP contribution in [0, 0.1) is 17.2 Å². The second kappa shape index (κ2) is 5.20. The first-order valence-corrected chi connectivity index (χ1v) is 4.84. The molecule has 0 aliphatic carbocycles. The van der Waals surface area contributed by atoms with E-state index in [1.54, 1.807) is 18.3 Å². The van der Waals surface area contributed by atoms with Crippen molar-refractivity contribution in [3.05, 3.63) is 28.7 Å². The molecule has 15 heavy (non-hydrogen) atoms. The van der Waals surface area contributed by atoms with Gasteiger partial charge in [-0.3, -0.25) is 9.36 Å². The van der Waals surface area contributed by atoms with Gasteiger partial charge in [-0.15, -0.1) is 0 Å². The molecule has 1 rings (SSSR count). The predicted molar refractivity (Wildman–Crippen MR) is 56.6 cm³/mol. The second-order valence-corrected chi connectivity index (χ2v) is 3.67. The number of hydrogen-bond acceptors (Lipinski definition) is 3. The van der Waals surface area contributed by atoms with Gasteiger partial charge < -0.3 is 4.74 Å². The molecule has 0 bridgehead atoms. The molecule has 0 spiro atoms. The molecular weight excluding hydrogens is 192 g/mol. The third-order valence-corrected chi connectivity index (χ3v) is 1.80. The Morgan fingerprint density at radius 1 is 1.60 bits per heavy atom. The molecular formula is C11H14N2O2. The fraction of sp³-hybridized carbons (Fsp3) is 0.455. The Kier molecular flexibility index (Phi) is 3.92. The highest BCUT2D eigenvalue weighted by atomic mass is 16.5. The molecule has 1 aromatic rings. The number of aromatic nitrogens is 1. The van der Waals surface area contributed by atoms with Gasteiger partial charge in [-0.25, -0.2) is 0 Å². The van der Waals surface area contributed by atoms with Crippen molar-refractivity contribution in [2.75, 3.05) is 6.61 Å². The van der Waals surface area contributed by atoms with Crippen molar-refractivity contribution in [3.8, 4) is 11.8 Å². The van der Waals surface area contributed by atoms with Crippen molar-refractivity contribution in [1.29, 1.82) is 5.26 Å². The summed E-state index contributed by atoms with van der Waals surface area (Å²) >= 11 is 0. The van der Waals surface area contributed by atoms with E-state index >= 15 is 0 Å². The molecule has 0 fully saturated rings. The second-order valence-electron chi connectivity index (χ2n) is 3.67. The SMILES string of the molecule is CC(C)COc1cccn(CC#N)c1=O. The van der Waals surface area contributed by atoms with E-state index in [-0.39, 0.29) is 12.1 Å². The van der Waals surface area contributed by atoms with Gasteiger partial charge in [0.1, 0.15) is 6.54 Å². The van der Waals surface area contributed by atoms with Crippen LogP contribution in [0.5, 0.6) is 5.75 Å². The van der Waals surface area contributed by atoms with Gasteiger partial charge in [0.15, 0.2) is 5.75 Å². The van der Waals surface area contributed by atoms with Crippen molar-refractivity contribution in [1.82, 2.24) is 4.57 Å². The van der Waals surface area contributed by atoms with Crippen LogP contribution in [0.2, 0.25) is 0 Å². The maximum Gasteiger partial charge on any atom is 0.293 e. The van der Waals surface area contributed by atoms with Crippen molar-refractivity contribution >= 4 is 0 Å². The standard InChI is InChI=1S/C11H14N2O2/c1-9(2)8-15-10-4-3-6-13(7-5-12)11(10)14/h3-4,6,9H,7-8H2,1-2H3. The van der Waals surface area contributed by atoms with E-state index < -0.39 is 0 Å². The van der Waals surface area contributed by atoms with Crippen LogP contribution in [0.1, 0.15) is 13.8 Å². The zero-order valence-corrected chi connectivity index (χ0v) is 8.93. The fourth-order valence-corrected chi connectivity index (χ4v) is 1.08. The minimum Gasteiger partial charge on any atom is -0.488 e. The normalized spacial score (nSPS) is 10.0. The Hall–Kier alpha value is -1.76. The summed E-state index contributed by atoms with van der Waals surface area (Å²) in [5, 5.41) is 8.50. The fourth-order valence-electron chi connectivity index (χ4n) is 1.08. The summed E-state index contributed by atoms with van der Waals surface area (Å²) in [6.07, 6.45) is 1.58. The summed E-state index contributed by atoms with van der Waals surface area (Å²) in [7, 11) is 0. The highest BCUT2D eigenvalue weighted by Crippen LogP contribution is 2.04. The molecule has 0 radical (unpaired) electrons. The Balaban J connectivity index is 2.86. The van der Waals surface area contributed by atoms with E-state index in [0.29, 0.717) is 18.3 Å². The first-order valence-electron chi connectivity index (χ1n) is 4.84. The maximum absolute atomic E-state index is 11.7. The monoisotopic (exact) mass is 206 g/mol. The highest BCUT2D eigenvalue weighted by molar-refractivity contribution is 5.17. The van der Waals surface area contributed by atoms with E-state index in [4.69, 9.17) is 10.00 Å². The smallest absolute Gasteiger partial charge is 0.293 e. The first kappa shape index (κ1) is 11.3. The summed E-state index contributed by atoms with van der Waals surface area (Å²) in [6.45, 7) is 4.58. The Labute approximate surface area is 88.7 Å². The van der Waals surface area contributed by atoms with Crippen LogP contribution >= 0.6 is 0 Å². The van der Waals surface area contributed by atoms with Gasteiger partial charge in [0.25, 0.3) is 5.56 Å². The molecule has 80 valence electrons. The lowest BCUT2D eigenvalue weighted by molar-refractivity contribution is 0.266. The molecule has 0 saturated heterocycles. The summed E-state index contributed by atoms with van der Waals surface area (Å²) < 4.78 is 6.67. The number of nitrogens with zero attached hydrogens (tertiary/aromatic N) is 2. The Morgan fingerprint density at radius 3 is 2.93 bits per heavy atom. The number of pyridine rings is 1. The van der Waals surface area contributed by atoms with E-state index in [1.807, 2.05) is 19.9 Å². The van der Waals surface area contributed by atoms with Crippen LogP contribution in [0.4, 0.5) is 0 Å². The molecule has 4 nitrogen and oxygen atoms in total. The van der Waals surface area contributed by atoms with Gasteiger partial charge in [0.05, 0.1) is 12.7 Å². The molecule has 0 saturated carbocycles. The Bertz CT molecular complexity index is 415. The molecule has 0 aliphatic heterocycles. The van der Waals surface area contributed by atoms with Gasteiger partial charge in [0.2, 0.25) is 0 Å². The molecule has 0 amide bonds. The van der Waals surface area contributed by atoms with Crippen LogP contribution < -0.4 is 10.3 Å². The quantitative estimate of drug-likeness (QED) is 0.748. The van der Waals surface area contributed by atoms with Crippen LogP contribution in [0.25, 0.3) is 0 Å². The lowest BCUT2D eigenvalue weighted by atomic mass is 10.2. The molecule has 0 N–H and O–H groups in total. The number of hydrogen-bond donors (Lipinski definition) is 0. The zero-order valence-electron chi connectivity index (χ0n) is 8.93. The third kappa shape index (κ3) is 3.13. The van der Waals surface area contributed by atoms with Crippen molar-refractivity contribution in [2.24, 2.45) is 5.92 Å². The molecule has 0 aromatic carbocycles. The minimum absolute atomic E-state index is 0.0533. The van der Waals surface area contributed by atoms with E-state index in [0.717, 1.165) is 0 Å². The summed E-state index contributed by atoms with van der Waals surface area (Å²) in [6, 6.07) is 5.25. The molecule has 0 aliphatic rings. The average molecular weight is 206 g/mol. The van der Waals surface area contributed by atoms with E-state index in [2.05, 4.69) is 0 Å². The van der Waals surface area contributed by atoms with E-state index in [9.17, 15) is 4.79 Å². The van der Waals surface area contributed by atoms with Gasteiger partial charge in [-0.05, 0) is 18.1 Å². The lowest BCUT2D eigenvalue weighted by Gasteiger charge is -2.08. The average Bonchev–Trinajstić information content (AvgIpc) is 2.19. The van der Waals surface area contributed by atoms with Gasteiger partial charge in [0, 0.05) is 6.20 Å². The molecule has 0 atom stereocenters. The number of ether oxygens (including phenoxy) is 1. The minimum atomic E-state index is -0.250. The lowest BCUT2D eigenvalue weighted by Crippen LogP contribution is -2.21. The molecule has 4 heteroatoms. The third-order valence-electron chi connectivity index (χ3n) is 1.80. The Morgan fingerprint density at radius 2 is 2.33 bits per heavy atom. The molecule has 1 heterocycles. The zero-order chi connectivity index (χ0) is 11.3. The topological polar surface area (TPSA) is 55.0 Å². The highest BCUT2D eigenvalue weighted by Gasteiger charge is 2.04. The number of rotatable bonds is 4. The van der Waals surface area contributed by atoms with Crippen molar-refractivity contribution in [2.45, 2.75) is 20.4 Å². The maximum atomic E-state index is 11.7. The van der Waals surface area contributed by atoms with Crippen LogP contribution in [0.15, 0.2) is 23.1 Å². The van der Waals surface area contributed by atoms with Gasteiger partial charge >= 0.3 is 0 Å². The largest absolute Gasteiger partial charge is 0.488 e. The number of nitriles is 1. The molecule has 0 unspecified atom stereocenters. The van der Waals surface area contributed by atoms with E-state index in [1.165, 1.54) is 4.57 Å².